The molecular formula is C65H61BFN3. The van der Waals surface area contributed by atoms with Gasteiger partial charge in [0, 0.05) is 50.9 Å². The van der Waals surface area contributed by atoms with E-state index in [0.29, 0.717) is 0 Å². The normalized spacial score (nSPS) is 20.2. The smallest absolute Gasteiger partial charge is 0.253 e. The first-order valence-electron chi connectivity index (χ1n) is 25.6. The number of halogens is 1. The highest BCUT2D eigenvalue weighted by atomic mass is 19.1. The number of para-hydroxylation sites is 1. The average molecular weight is 914 g/mol. The number of hydrogen-bond donors (Lipinski definition) is 0. The van der Waals surface area contributed by atoms with E-state index in [2.05, 4.69) is 222 Å². The molecule has 2 atom stereocenters. The molecule has 2 unspecified atom stereocenters. The Morgan fingerprint density at radius 3 is 1.49 bits per heavy atom. The van der Waals surface area contributed by atoms with E-state index in [9.17, 15) is 0 Å². The molecule has 346 valence electrons. The molecule has 0 radical (unpaired) electrons. The summed E-state index contributed by atoms with van der Waals surface area (Å²) in [5.74, 6) is -0.243. The Labute approximate surface area is 414 Å². The van der Waals surface area contributed by atoms with Gasteiger partial charge in [0.1, 0.15) is 5.82 Å². The van der Waals surface area contributed by atoms with E-state index < -0.39 is 5.41 Å². The molecule has 0 N–H and O–H groups in total. The van der Waals surface area contributed by atoms with Gasteiger partial charge in [0.2, 0.25) is 0 Å². The zero-order valence-corrected chi connectivity index (χ0v) is 41.9. The number of nitrogens with zero attached hydrogens (tertiary/aromatic N) is 3. The van der Waals surface area contributed by atoms with Gasteiger partial charge in [0.25, 0.3) is 6.71 Å². The van der Waals surface area contributed by atoms with Gasteiger partial charge >= 0.3 is 0 Å². The van der Waals surface area contributed by atoms with Crippen molar-refractivity contribution in [3.8, 4) is 0 Å². The van der Waals surface area contributed by atoms with Crippen molar-refractivity contribution in [2.75, 3.05) is 14.7 Å². The zero-order valence-electron chi connectivity index (χ0n) is 41.9. The lowest BCUT2D eigenvalue weighted by molar-refractivity contribution is 0.195. The molecule has 8 aromatic carbocycles. The molecule has 0 amide bonds. The van der Waals surface area contributed by atoms with Gasteiger partial charge in [-0.15, -0.1) is 0 Å². The van der Waals surface area contributed by atoms with Crippen LogP contribution in [0.2, 0.25) is 0 Å². The molecule has 5 aliphatic rings. The maximum Gasteiger partial charge on any atom is 0.253 e. The van der Waals surface area contributed by atoms with Gasteiger partial charge in [-0.05, 0) is 153 Å². The number of benzene rings is 8. The molecule has 4 aliphatic heterocycles. The number of hydrogen-bond acceptors (Lipinski definition) is 3. The molecule has 1 aliphatic carbocycles. The van der Waals surface area contributed by atoms with Crippen molar-refractivity contribution in [3.63, 3.8) is 0 Å². The largest absolute Gasteiger partial charge is 0.334 e. The van der Waals surface area contributed by atoms with Crippen LogP contribution in [0.15, 0.2) is 176 Å². The lowest BCUT2D eigenvalue weighted by atomic mass is 9.28. The molecular weight excluding hydrogens is 853 g/mol. The highest BCUT2D eigenvalue weighted by molar-refractivity contribution is 7.01. The predicted molar refractivity (Wildman–Crippen MR) is 292 cm³/mol. The summed E-state index contributed by atoms with van der Waals surface area (Å²) in [6.07, 6.45) is 4.66. The second kappa shape index (κ2) is 14.8. The number of rotatable bonds is 5. The van der Waals surface area contributed by atoms with Gasteiger partial charge in [-0.3, -0.25) is 0 Å². The number of anilines is 8. The minimum atomic E-state index is -0.659. The first kappa shape index (κ1) is 43.2. The molecule has 0 bridgehead atoms. The van der Waals surface area contributed by atoms with Crippen LogP contribution in [0.4, 0.5) is 49.9 Å². The lowest BCUT2D eigenvalue weighted by Crippen LogP contribution is -2.68. The molecule has 13 rings (SSSR count). The predicted octanol–water partition coefficient (Wildman–Crippen LogP) is 14.9. The maximum absolute atomic E-state index is 15.2. The Hall–Kier alpha value is -6.85. The van der Waals surface area contributed by atoms with Crippen molar-refractivity contribution in [1.82, 2.24) is 0 Å². The van der Waals surface area contributed by atoms with Crippen LogP contribution < -0.4 is 31.1 Å². The van der Waals surface area contributed by atoms with Crippen LogP contribution in [0, 0.1) is 5.82 Å². The van der Waals surface area contributed by atoms with Crippen molar-refractivity contribution >= 4 is 68.6 Å². The van der Waals surface area contributed by atoms with E-state index in [0.717, 1.165) is 29.9 Å². The van der Waals surface area contributed by atoms with Gasteiger partial charge in [0.15, 0.2) is 0 Å². The van der Waals surface area contributed by atoms with Crippen molar-refractivity contribution < 1.29 is 4.39 Å². The van der Waals surface area contributed by atoms with Gasteiger partial charge in [-0.25, -0.2) is 4.39 Å². The third kappa shape index (κ3) is 5.75. The summed E-state index contributed by atoms with van der Waals surface area (Å²) in [7, 11) is 0. The van der Waals surface area contributed by atoms with Gasteiger partial charge < -0.3 is 14.7 Å². The van der Waals surface area contributed by atoms with Crippen molar-refractivity contribution in [2.24, 2.45) is 0 Å². The van der Waals surface area contributed by atoms with Crippen LogP contribution in [-0.2, 0) is 21.7 Å². The molecule has 70 heavy (non-hydrogen) atoms. The first-order chi connectivity index (χ1) is 33.6. The summed E-state index contributed by atoms with van der Waals surface area (Å²) in [5, 5.41) is 0. The standard InChI is InChI=1S/C65H61BFN3/c1-61(2,3)44-37-45(62(4,5)6)39-48(38-44)69-55-30-20-27-52-59(55)66-58-51(65(52,42-21-11-9-12-22-42)43-23-13-10-14-24-43)26-19-29-54(58)68(47-33-31-46(67)32-34-47)56-40-49(41-57(69)60(56)66)70-53-28-16-15-25-50(53)63(7)35-17-18-36-64(63,70)8/h9-16,19-34,37-41H,17-18,35-36H2,1-8H3. The average Bonchev–Trinajstić information content (AvgIpc) is 3.57. The Morgan fingerprint density at radius 1 is 0.443 bits per heavy atom. The Balaban J connectivity index is 1.22. The SMILES string of the molecule is CC(C)(C)c1cc(N2c3cc(N4c5ccccc5C5(C)CCCCC45C)cc4c3B3c5c(cccc5C(c5ccccc5)(c5ccccc5)c5cccc2c53)N4c2ccc(F)cc2)cc(C(C)(C)C)c1. The van der Waals surface area contributed by atoms with Crippen molar-refractivity contribution in [2.45, 2.75) is 108 Å². The van der Waals surface area contributed by atoms with Crippen LogP contribution in [0.25, 0.3) is 0 Å². The molecule has 1 saturated carbocycles. The number of fused-ring (bicyclic) bond motifs is 3. The summed E-state index contributed by atoms with van der Waals surface area (Å²) in [4.78, 5) is 7.86. The van der Waals surface area contributed by atoms with Gasteiger partial charge in [-0.1, -0.05) is 171 Å². The first-order valence-corrected chi connectivity index (χ1v) is 25.6. The molecule has 3 nitrogen and oxygen atoms in total. The summed E-state index contributed by atoms with van der Waals surface area (Å²) in [5.41, 5.74) is 21.3. The highest BCUT2D eigenvalue weighted by Gasteiger charge is 2.59. The Kier molecular flexibility index (Phi) is 9.16. The Bertz CT molecular complexity index is 3350. The van der Waals surface area contributed by atoms with Gasteiger partial charge in [-0.2, -0.15) is 0 Å². The van der Waals surface area contributed by atoms with E-state index in [-0.39, 0.29) is 34.3 Å². The fourth-order valence-corrected chi connectivity index (χ4v) is 14.0. The van der Waals surface area contributed by atoms with Crippen LogP contribution >= 0.6 is 0 Å². The summed E-state index contributed by atoms with van der Waals surface area (Å²) < 4.78 is 15.2. The highest BCUT2D eigenvalue weighted by Crippen LogP contribution is 2.62. The monoisotopic (exact) mass is 913 g/mol. The summed E-state index contributed by atoms with van der Waals surface area (Å²) in [6, 6.07) is 65.4. The van der Waals surface area contributed by atoms with Crippen LogP contribution in [0.1, 0.15) is 120 Å². The third-order valence-electron chi connectivity index (χ3n) is 17.6. The van der Waals surface area contributed by atoms with Crippen LogP contribution in [0.5, 0.6) is 0 Å². The molecule has 0 spiro atoms. The van der Waals surface area contributed by atoms with E-state index in [1.807, 2.05) is 12.1 Å². The lowest BCUT2D eigenvalue weighted by Gasteiger charge is -2.53. The summed E-state index contributed by atoms with van der Waals surface area (Å²) >= 11 is 0. The minimum absolute atomic E-state index is 0.0292. The summed E-state index contributed by atoms with van der Waals surface area (Å²) in [6.45, 7) is 19.0. The van der Waals surface area contributed by atoms with Gasteiger partial charge in [0.05, 0.1) is 11.0 Å². The molecule has 1 fully saturated rings. The van der Waals surface area contributed by atoms with E-state index in [1.165, 1.54) is 96.6 Å². The fraction of sp³-hybridized carbons (Fsp3) is 0.262. The fourth-order valence-electron chi connectivity index (χ4n) is 14.0. The van der Waals surface area contributed by atoms with E-state index >= 15 is 4.39 Å². The molecule has 0 aromatic heterocycles. The Morgan fingerprint density at radius 2 is 0.929 bits per heavy atom. The minimum Gasteiger partial charge on any atom is -0.334 e. The van der Waals surface area contributed by atoms with Crippen molar-refractivity contribution in [1.29, 1.82) is 0 Å². The molecule has 0 saturated heterocycles. The maximum atomic E-state index is 15.2. The van der Waals surface area contributed by atoms with Crippen LogP contribution in [0.3, 0.4) is 0 Å². The molecule has 8 aromatic rings. The van der Waals surface area contributed by atoms with E-state index in [4.69, 9.17) is 0 Å². The molecule has 4 heterocycles. The second-order valence-corrected chi connectivity index (χ2v) is 23.4. The zero-order chi connectivity index (χ0) is 48.1. The third-order valence-corrected chi connectivity index (χ3v) is 17.6. The topological polar surface area (TPSA) is 9.72 Å². The quantitative estimate of drug-likeness (QED) is 0.159. The second-order valence-electron chi connectivity index (χ2n) is 23.4. The van der Waals surface area contributed by atoms with E-state index in [1.54, 1.807) is 12.1 Å². The van der Waals surface area contributed by atoms with Crippen molar-refractivity contribution in [3.05, 3.63) is 221 Å². The van der Waals surface area contributed by atoms with Crippen LogP contribution in [-0.4, -0.2) is 12.3 Å². The molecule has 5 heteroatoms.